The van der Waals surface area contributed by atoms with Crippen LogP contribution in [-0.2, 0) is 9.53 Å². The number of hydrogen-bond acceptors (Lipinski definition) is 7. The normalized spacial score (nSPS) is 16.4. The predicted molar refractivity (Wildman–Crippen MR) is 140 cm³/mol. The van der Waals surface area contributed by atoms with Gasteiger partial charge < -0.3 is 14.2 Å². The van der Waals surface area contributed by atoms with Gasteiger partial charge >= 0.3 is 5.97 Å². The Morgan fingerprint density at radius 1 is 1.05 bits per heavy atom. The smallest absolute Gasteiger partial charge is 0.338 e. The fourth-order valence-electron chi connectivity index (χ4n) is 4.55. The van der Waals surface area contributed by atoms with Gasteiger partial charge in [-0.1, -0.05) is 78.1 Å². The third-order valence-corrected chi connectivity index (χ3v) is 7.17. The van der Waals surface area contributed by atoms with E-state index in [1.165, 1.54) is 11.3 Å². The highest BCUT2D eigenvalue weighted by molar-refractivity contribution is 7.07. The number of esters is 1. The topological polar surface area (TPSA) is 79.1 Å². The van der Waals surface area contributed by atoms with Gasteiger partial charge in [-0.05, 0) is 36.3 Å². The molecule has 184 valence electrons. The van der Waals surface area contributed by atoms with E-state index in [1.54, 1.807) is 11.5 Å². The summed E-state index contributed by atoms with van der Waals surface area (Å²) in [5.41, 5.74) is 2.98. The molecular formula is C29H22N2O5S. The minimum Gasteiger partial charge on any atom is -0.463 e. The van der Waals surface area contributed by atoms with E-state index in [4.69, 9.17) is 19.2 Å². The van der Waals surface area contributed by atoms with E-state index in [-0.39, 0.29) is 19.0 Å². The highest BCUT2D eigenvalue weighted by atomic mass is 32.1. The van der Waals surface area contributed by atoms with E-state index >= 15 is 0 Å². The molecule has 3 aromatic carbocycles. The summed E-state index contributed by atoms with van der Waals surface area (Å²) < 4.78 is 18.5. The lowest BCUT2D eigenvalue weighted by Crippen LogP contribution is -2.39. The first kappa shape index (κ1) is 23.0. The van der Waals surface area contributed by atoms with Gasteiger partial charge in [0.25, 0.3) is 5.56 Å². The van der Waals surface area contributed by atoms with Crippen molar-refractivity contribution in [3.8, 4) is 11.5 Å². The lowest BCUT2D eigenvalue weighted by atomic mass is 9.93. The summed E-state index contributed by atoms with van der Waals surface area (Å²) >= 11 is 1.28. The maximum atomic E-state index is 13.9. The molecule has 0 aliphatic carbocycles. The minimum atomic E-state index is -0.689. The van der Waals surface area contributed by atoms with Crippen molar-refractivity contribution in [3.05, 3.63) is 121 Å². The van der Waals surface area contributed by atoms with Crippen LogP contribution >= 0.6 is 11.3 Å². The number of nitrogens with zero attached hydrogens (tertiary/aromatic N) is 2. The van der Waals surface area contributed by atoms with Gasteiger partial charge in [-0.15, -0.1) is 0 Å². The van der Waals surface area contributed by atoms with E-state index in [1.807, 2.05) is 84.9 Å². The molecule has 0 radical (unpaired) electrons. The van der Waals surface area contributed by atoms with E-state index in [9.17, 15) is 9.59 Å². The highest BCUT2D eigenvalue weighted by Crippen LogP contribution is 2.35. The van der Waals surface area contributed by atoms with Crippen molar-refractivity contribution in [1.29, 1.82) is 0 Å². The molecule has 37 heavy (non-hydrogen) atoms. The lowest BCUT2D eigenvalue weighted by Gasteiger charge is -2.25. The van der Waals surface area contributed by atoms with Crippen molar-refractivity contribution in [3.63, 3.8) is 0 Å². The molecule has 0 saturated heterocycles. The fraction of sp³-hybridized carbons (Fsp3) is 0.138. The fourth-order valence-corrected chi connectivity index (χ4v) is 5.55. The number of carbonyl (C=O) groups is 1. The number of carbonyl (C=O) groups excluding carboxylic acids is 1. The van der Waals surface area contributed by atoms with Crippen LogP contribution in [0.15, 0.2) is 94.2 Å². The molecule has 3 heterocycles. The third-order valence-electron chi connectivity index (χ3n) is 6.18. The average Bonchev–Trinajstić information content (AvgIpc) is 3.52. The molecule has 7 nitrogen and oxygen atoms in total. The Kier molecular flexibility index (Phi) is 5.94. The SMILES string of the molecule is CCOC(=O)C1=C(c2ccccc2)N=c2s/c(=C\c3ccc4c(c3)OCO4)c(=O)n2[C@H]1c1ccccc1. The summed E-state index contributed by atoms with van der Waals surface area (Å²) in [6.07, 6.45) is 1.81. The van der Waals surface area contributed by atoms with Gasteiger partial charge in [0.15, 0.2) is 16.3 Å². The van der Waals surface area contributed by atoms with Gasteiger partial charge in [0.1, 0.15) is 0 Å². The molecule has 0 N–H and O–H groups in total. The highest BCUT2D eigenvalue weighted by Gasteiger charge is 2.35. The van der Waals surface area contributed by atoms with Crippen LogP contribution in [0.2, 0.25) is 0 Å². The quantitative estimate of drug-likeness (QED) is 0.383. The first-order valence-corrected chi connectivity index (χ1v) is 12.7. The van der Waals surface area contributed by atoms with Crippen LogP contribution in [0.25, 0.3) is 11.8 Å². The standard InChI is InChI=1S/C29H22N2O5S/c1-2-34-28(33)24-25(19-9-5-3-6-10-19)30-29-31(26(24)20-11-7-4-8-12-20)27(32)23(37-29)16-18-13-14-21-22(15-18)36-17-35-21/h3-16,26H,2,17H2,1H3/b23-16-/t26-/m0/s1. The van der Waals surface area contributed by atoms with Crippen LogP contribution in [0.3, 0.4) is 0 Å². The maximum Gasteiger partial charge on any atom is 0.338 e. The van der Waals surface area contributed by atoms with Crippen molar-refractivity contribution >= 4 is 29.1 Å². The number of hydrogen-bond donors (Lipinski definition) is 0. The molecule has 0 spiro atoms. The maximum absolute atomic E-state index is 13.9. The third kappa shape index (κ3) is 4.15. The molecule has 1 atom stereocenters. The molecule has 2 aliphatic heterocycles. The van der Waals surface area contributed by atoms with Gasteiger partial charge in [0.05, 0.1) is 28.5 Å². The molecule has 4 aromatic rings. The van der Waals surface area contributed by atoms with Crippen LogP contribution in [-0.4, -0.2) is 23.9 Å². The summed E-state index contributed by atoms with van der Waals surface area (Å²) in [6, 6.07) is 23.9. The minimum absolute atomic E-state index is 0.178. The Morgan fingerprint density at radius 2 is 1.78 bits per heavy atom. The van der Waals surface area contributed by atoms with Gasteiger partial charge in [0.2, 0.25) is 6.79 Å². The second-order valence-corrected chi connectivity index (χ2v) is 9.46. The summed E-state index contributed by atoms with van der Waals surface area (Å²) in [7, 11) is 0. The Labute approximate surface area is 216 Å². The number of fused-ring (bicyclic) bond motifs is 2. The van der Waals surface area contributed by atoms with Gasteiger partial charge in [0, 0.05) is 5.56 Å². The Bertz CT molecular complexity index is 1700. The second kappa shape index (κ2) is 9.55. The second-order valence-electron chi connectivity index (χ2n) is 8.45. The molecule has 2 aliphatic rings. The first-order valence-electron chi connectivity index (χ1n) is 11.9. The van der Waals surface area contributed by atoms with Crippen molar-refractivity contribution in [2.24, 2.45) is 4.99 Å². The Hall–Kier alpha value is -4.43. The van der Waals surface area contributed by atoms with Gasteiger partial charge in [-0.25, -0.2) is 9.79 Å². The Balaban J connectivity index is 1.61. The van der Waals surface area contributed by atoms with Crippen LogP contribution in [0.5, 0.6) is 11.5 Å². The summed E-state index contributed by atoms with van der Waals surface area (Å²) in [6.45, 7) is 2.15. The Morgan fingerprint density at radius 3 is 2.54 bits per heavy atom. The van der Waals surface area contributed by atoms with Crippen molar-refractivity contribution in [1.82, 2.24) is 4.57 Å². The van der Waals surface area contributed by atoms with E-state index in [0.29, 0.717) is 32.1 Å². The van der Waals surface area contributed by atoms with Gasteiger partial charge in [-0.2, -0.15) is 0 Å². The molecule has 0 bridgehead atoms. The number of rotatable bonds is 5. The molecule has 0 unspecified atom stereocenters. The number of thiazole rings is 1. The predicted octanol–water partition coefficient (Wildman–Crippen LogP) is 3.66. The van der Waals surface area contributed by atoms with Crippen LogP contribution in [0.1, 0.15) is 29.7 Å². The van der Waals surface area contributed by atoms with Crippen molar-refractivity contribution in [2.45, 2.75) is 13.0 Å². The van der Waals surface area contributed by atoms with Crippen molar-refractivity contribution in [2.75, 3.05) is 13.4 Å². The average molecular weight is 511 g/mol. The molecule has 1 aromatic heterocycles. The van der Waals surface area contributed by atoms with Crippen molar-refractivity contribution < 1.29 is 19.0 Å². The van der Waals surface area contributed by atoms with Crippen LogP contribution in [0, 0.1) is 0 Å². The number of benzene rings is 3. The molecule has 0 saturated carbocycles. The van der Waals surface area contributed by atoms with E-state index < -0.39 is 12.0 Å². The monoisotopic (exact) mass is 510 g/mol. The lowest BCUT2D eigenvalue weighted by molar-refractivity contribution is -0.138. The van der Waals surface area contributed by atoms with Crippen LogP contribution < -0.4 is 24.4 Å². The molecule has 0 amide bonds. The molecular weight excluding hydrogens is 488 g/mol. The van der Waals surface area contributed by atoms with Crippen LogP contribution in [0.4, 0.5) is 0 Å². The zero-order valence-corrected chi connectivity index (χ0v) is 20.7. The molecule has 6 rings (SSSR count). The summed E-state index contributed by atoms with van der Waals surface area (Å²) in [5, 5.41) is 0. The molecule has 0 fully saturated rings. The van der Waals surface area contributed by atoms with E-state index in [0.717, 1.165) is 16.7 Å². The zero-order valence-electron chi connectivity index (χ0n) is 19.9. The largest absolute Gasteiger partial charge is 0.463 e. The summed E-state index contributed by atoms with van der Waals surface area (Å²) in [4.78, 5) is 32.6. The number of ether oxygens (including phenoxy) is 3. The molecule has 8 heteroatoms. The zero-order chi connectivity index (χ0) is 25.4. The number of aromatic nitrogens is 1. The van der Waals surface area contributed by atoms with E-state index in [2.05, 4.69) is 0 Å². The summed E-state index contributed by atoms with van der Waals surface area (Å²) in [5.74, 6) is 0.818. The first-order chi connectivity index (χ1) is 18.1. The van der Waals surface area contributed by atoms with Gasteiger partial charge in [-0.3, -0.25) is 9.36 Å².